The van der Waals surface area contributed by atoms with Gasteiger partial charge >= 0.3 is 0 Å². The van der Waals surface area contributed by atoms with Crippen LogP contribution in [0.2, 0.25) is 0 Å². The van der Waals surface area contributed by atoms with Crippen molar-refractivity contribution in [2.45, 2.75) is 13.0 Å². The van der Waals surface area contributed by atoms with E-state index in [4.69, 9.17) is 23.7 Å². The van der Waals surface area contributed by atoms with Crippen molar-refractivity contribution in [1.82, 2.24) is 0 Å². The molecule has 6 heteroatoms. The summed E-state index contributed by atoms with van der Waals surface area (Å²) in [7, 11) is 0. The van der Waals surface area contributed by atoms with Gasteiger partial charge in [0.1, 0.15) is 11.0 Å². The lowest BCUT2D eigenvalue weighted by Gasteiger charge is -2.16. The highest BCUT2D eigenvalue weighted by atomic mass is 79.9. The number of primary amides is 1. The number of carbonyl (C=O) groups excluding carboxylic acids is 1. The molecule has 1 amide bonds. The molecule has 1 aromatic rings. The number of anilines is 1. The molecule has 0 aliphatic rings. The Hall–Kier alpha value is -1.14. The lowest BCUT2D eigenvalue weighted by Crippen LogP contribution is -2.33. The third-order valence-electron chi connectivity index (χ3n) is 2.06. The number of carbonyl (C=O) groups is 1. The maximum absolute atomic E-state index is 11.0. The smallest absolute Gasteiger partial charge is 0.239 e. The molecule has 1 aromatic carbocycles. The fourth-order valence-corrected chi connectivity index (χ4v) is 2.13. The summed E-state index contributed by atoms with van der Waals surface area (Å²) in [6.07, 6.45) is 0. The van der Waals surface area contributed by atoms with E-state index >= 15 is 0 Å². The zero-order chi connectivity index (χ0) is 12.3. The van der Waals surface area contributed by atoms with E-state index in [1.54, 1.807) is 13.0 Å². The monoisotopic (exact) mass is 301 g/mol. The molecule has 86 valence electrons. The Labute approximate surface area is 108 Å². The van der Waals surface area contributed by atoms with E-state index in [-0.39, 0.29) is 4.99 Å². The fourth-order valence-electron chi connectivity index (χ4n) is 1.20. The molecule has 1 atom stereocenters. The standard InChI is InChI=1S/C10H12BrN3OS/c1-5(9(12)15)14-7-4-2-3-6(11)8(7)10(13)16/h2-5,14H,1H3,(H2,12,15)(H2,13,16). The Bertz CT molecular complexity index is 436. The summed E-state index contributed by atoms with van der Waals surface area (Å²) >= 11 is 8.30. The molecular formula is C10H12BrN3OS. The van der Waals surface area contributed by atoms with Crippen molar-refractivity contribution >= 4 is 44.7 Å². The third kappa shape index (κ3) is 2.93. The summed E-state index contributed by atoms with van der Waals surface area (Å²) < 4.78 is 0.779. The normalized spacial score (nSPS) is 11.9. The van der Waals surface area contributed by atoms with Gasteiger partial charge in [0, 0.05) is 15.7 Å². The molecule has 0 spiro atoms. The molecule has 0 aromatic heterocycles. The van der Waals surface area contributed by atoms with Crippen molar-refractivity contribution in [1.29, 1.82) is 0 Å². The van der Waals surface area contributed by atoms with Gasteiger partial charge < -0.3 is 16.8 Å². The molecule has 0 aliphatic carbocycles. The first-order chi connectivity index (χ1) is 7.43. The average Bonchev–Trinajstić information content (AvgIpc) is 2.16. The van der Waals surface area contributed by atoms with Crippen molar-refractivity contribution in [3.05, 3.63) is 28.2 Å². The van der Waals surface area contributed by atoms with Crippen LogP contribution in [0.1, 0.15) is 12.5 Å². The van der Waals surface area contributed by atoms with Gasteiger partial charge in [-0.15, -0.1) is 0 Å². The van der Waals surface area contributed by atoms with E-state index in [1.807, 2.05) is 12.1 Å². The molecule has 0 heterocycles. The summed E-state index contributed by atoms with van der Waals surface area (Å²) in [4.78, 5) is 11.2. The van der Waals surface area contributed by atoms with Crippen LogP contribution in [-0.4, -0.2) is 16.9 Å². The van der Waals surface area contributed by atoms with Gasteiger partial charge in [0.05, 0.1) is 0 Å². The van der Waals surface area contributed by atoms with Crippen LogP contribution in [0.3, 0.4) is 0 Å². The molecule has 5 N–H and O–H groups in total. The van der Waals surface area contributed by atoms with Crippen molar-refractivity contribution in [3.63, 3.8) is 0 Å². The van der Waals surface area contributed by atoms with E-state index in [9.17, 15) is 4.79 Å². The molecule has 4 nitrogen and oxygen atoms in total. The number of rotatable bonds is 4. The third-order valence-corrected chi connectivity index (χ3v) is 2.92. The molecule has 0 saturated carbocycles. The summed E-state index contributed by atoms with van der Waals surface area (Å²) in [5.41, 5.74) is 12.1. The number of hydrogen-bond donors (Lipinski definition) is 3. The first-order valence-electron chi connectivity index (χ1n) is 4.57. The van der Waals surface area contributed by atoms with Crippen molar-refractivity contribution in [2.24, 2.45) is 11.5 Å². The first kappa shape index (κ1) is 12.9. The zero-order valence-corrected chi connectivity index (χ0v) is 11.1. The minimum absolute atomic E-state index is 0.256. The molecule has 0 bridgehead atoms. The fraction of sp³-hybridized carbons (Fsp3) is 0.200. The van der Waals surface area contributed by atoms with Gasteiger partial charge in [0.25, 0.3) is 0 Å². The van der Waals surface area contributed by atoms with Gasteiger partial charge in [0.2, 0.25) is 5.91 Å². The SMILES string of the molecule is CC(Nc1cccc(Br)c1C(N)=S)C(N)=O. The van der Waals surface area contributed by atoms with Gasteiger partial charge in [-0.05, 0) is 35.0 Å². The maximum Gasteiger partial charge on any atom is 0.239 e. The number of thiocarbonyl (C=S) groups is 1. The second kappa shape index (κ2) is 5.27. The largest absolute Gasteiger partial charge is 0.389 e. The van der Waals surface area contributed by atoms with Crippen LogP contribution in [0, 0.1) is 0 Å². The van der Waals surface area contributed by atoms with Gasteiger partial charge in [-0.2, -0.15) is 0 Å². The van der Waals surface area contributed by atoms with Crippen molar-refractivity contribution < 1.29 is 4.79 Å². The van der Waals surface area contributed by atoms with Gasteiger partial charge in [-0.1, -0.05) is 18.3 Å². The average molecular weight is 302 g/mol. The van der Waals surface area contributed by atoms with Crippen molar-refractivity contribution in [2.75, 3.05) is 5.32 Å². The van der Waals surface area contributed by atoms with E-state index in [1.165, 1.54) is 0 Å². The van der Waals surface area contributed by atoms with Crippen LogP contribution in [-0.2, 0) is 4.79 Å². The highest BCUT2D eigenvalue weighted by Crippen LogP contribution is 2.25. The number of nitrogens with one attached hydrogen (secondary N) is 1. The number of nitrogens with two attached hydrogens (primary N) is 2. The highest BCUT2D eigenvalue weighted by Gasteiger charge is 2.13. The summed E-state index contributed by atoms with van der Waals surface area (Å²) in [5.74, 6) is -0.436. The zero-order valence-electron chi connectivity index (χ0n) is 8.66. The molecular weight excluding hydrogens is 290 g/mol. The molecule has 0 aliphatic heterocycles. The van der Waals surface area contributed by atoms with E-state index < -0.39 is 11.9 Å². The van der Waals surface area contributed by atoms with Crippen LogP contribution in [0.15, 0.2) is 22.7 Å². The van der Waals surface area contributed by atoms with Crippen LogP contribution in [0.4, 0.5) is 5.69 Å². The molecule has 1 rings (SSSR count). The van der Waals surface area contributed by atoms with Crippen LogP contribution < -0.4 is 16.8 Å². The van der Waals surface area contributed by atoms with Gasteiger partial charge in [-0.25, -0.2) is 0 Å². The Kier molecular flexibility index (Phi) is 4.26. The predicted molar refractivity (Wildman–Crippen MR) is 72.3 cm³/mol. The van der Waals surface area contributed by atoms with Gasteiger partial charge in [-0.3, -0.25) is 4.79 Å². The Morgan fingerprint density at radius 3 is 2.62 bits per heavy atom. The predicted octanol–water partition coefficient (Wildman–Crippen LogP) is 1.37. The lowest BCUT2D eigenvalue weighted by molar-refractivity contribution is -0.118. The minimum Gasteiger partial charge on any atom is -0.389 e. The summed E-state index contributed by atoms with van der Waals surface area (Å²) in [6, 6.07) is 4.96. The maximum atomic E-state index is 11.0. The highest BCUT2D eigenvalue weighted by molar-refractivity contribution is 9.10. The van der Waals surface area contributed by atoms with E-state index in [0.717, 1.165) is 4.47 Å². The quantitative estimate of drug-likeness (QED) is 0.734. The van der Waals surface area contributed by atoms with Gasteiger partial charge in [0.15, 0.2) is 0 Å². The number of halogens is 1. The molecule has 0 fully saturated rings. The Morgan fingerprint density at radius 1 is 1.50 bits per heavy atom. The van der Waals surface area contributed by atoms with Crippen LogP contribution in [0.5, 0.6) is 0 Å². The molecule has 0 saturated heterocycles. The molecule has 0 radical (unpaired) electrons. The number of amides is 1. The second-order valence-electron chi connectivity index (χ2n) is 3.30. The van der Waals surface area contributed by atoms with E-state index in [0.29, 0.717) is 11.3 Å². The Balaban J connectivity index is 3.09. The lowest BCUT2D eigenvalue weighted by atomic mass is 10.1. The Morgan fingerprint density at radius 2 is 2.12 bits per heavy atom. The summed E-state index contributed by atoms with van der Waals surface area (Å²) in [5, 5.41) is 2.96. The summed E-state index contributed by atoms with van der Waals surface area (Å²) in [6.45, 7) is 1.67. The van der Waals surface area contributed by atoms with Crippen LogP contribution >= 0.6 is 28.1 Å². The first-order valence-corrected chi connectivity index (χ1v) is 5.77. The minimum atomic E-state index is -0.484. The van der Waals surface area contributed by atoms with Crippen molar-refractivity contribution in [3.8, 4) is 0 Å². The molecule has 1 unspecified atom stereocenters. The number of benzene rings is 1. The molecule has 16 heavy (non-hydrogen) atoms. The second-order valence-corrected chi connectivity index (χ2v) is 4.59. The van der Waals surface area contributed by atoms with E-state index in [2.05, 4.69) is 21.2 Å². The number of hydrogen-bond acceptors (Lipinski definition) is 3. The van der Waals surface area contributed by atoms with Crippen LogP contribution in [0.25, 0.3) is 0 Å². The topological polar surface area (TPSA) is 81.1 Å².